The molecule has 33 heavy (non-hydrogen) atoms. The first kappa shape index (κ1) is 22.9. The molecular formula is C26H25F3N2O2. The first-order valence-electron chi connectivity index (χ1n) is 10.7. The number of hydrogen-bond donors (Lipinski definition) is 1. The van der Waals surface area contributed by atoms with Crippen molar-refractivity contribution in [1.29, 1.82) is 0 Å². The maximum absolute atomic E-state index is 13.1. The van der Waals surface area contributed by atoms with Gasteiger partial charge in [0.05, 0.1) is 12.2 Å². The summed E-state index contributed by atoms with van der Waals surface area (Å²) in [6, 6.07) is 13.1. The Morgan fingerprint density at radius 1 is 1.03 bits per heavy atom. The van der Waals surface area contributed by atoms with Crippen LogP contribution in [0.5, 0.6) is 5.75 Å². The topological polar surface area (TPSA) is 41.6 Å². The second-order valence-electron chi connectivity index (χ2n) is 8.46. The van der Waals surface area contributed by atoms with Crippen molar-refractivity contribution in [3.63, 3.8) is 0 Å². The quantitative estimate of drug-likeness (QED) is 0.370. The lowest BCUT2D eigenvalue weighted by Gasteiger charge is -2.10. The van der Waals surface area contributed by atoms with Gasteiger partial charge in [0.15, 0.2) is 0 Å². The van der Waals surface area contributed by atoms with E-state index in [2.05, 4.69) is 10.2 Å². The Morgan fingerprint density at radius 2 is 1.82 bits per heavy atom. The first-order valence-corrected chi connectivity index (χ1v) is 10.7. The summed E-state index contributed by atoms with van der Waals surface area (Å²) in [6.45, 7) is 3.49. The minimum absolute atomic E-state index is 0.170. The van der Waals surface area contributed by atoms with Crippen molar-refractivity contribution in [1.82, 2.24) is 4.90 Å². The maximum Gasteiger partial charge on any atom is 0.416 e. The molecule has 4 rings (SSSR count). The summed E-state index contributed by atoms with van der Waals surface area (Å²) in [5, 5.41) is 2.56. The van der Waals surface area contributed by atoms with E-state index in [1.807, 2.05) is 51.4 Å². The Bertz CT molecular complexity index is 1200. The van der Waals surface area contributed by atoms with Crippen molar-refractivity contribution < 1.29 is 22.7 Å². The van der Waals surface area contributed by atoms with E-state index in [-0.39, 0.29) is 5.69 Å². The standard InChI is InChI=1S/C26H25F3N2O2/c1-16-12-17(22-15-19(6-4-7-20(16)22)33-11-5-10-31(2)3)13-23-21-9-8-18(26(27,28)29)14-24(21)30-25(23)32/h4,6-9,12-15H,5,10-11H2,1-3H3,(H,30,32)/b23-13-. The molecule has 0 spiro atoms. The number of nitrogens with zero attached hydrogens (tertiary/aromatic N) is 1. The highest BCUT2D eigenvalue weighted by atomic mass is 19.4. The number of benzene rings is 1. The zero-order chi connectivity index (χ0) is 23.8. The predicted molar refractivity (Wildman–Crippen MR) is 124 cm³/mol. The Labute approximate surface area is 191 Å². The van der Waals surface area contributed by atoms with Crippen molar-refractivity contribution in [2.75, 3.05) is 32.6 Å². The van der Waals surface area contributed by atoms with Crippen LogP contribution < -0.4 is 10.1 Å². The fourth-order valence-electron chi connectivity index (χ4n) is 4.02. The van der Waals surface area contributed by atoms with Crippen LogP contribution in [0.2, 0.25) is 0 Å². The molecule has 0 unspecified atom stereocenters. The molecule has 1 heterocycles. The molecule has 2 aliphatic carbocycles. The van der Waals surface area contributed by atoms with Crippen molar-refractivity contribution in [3.05, 3.63) is 70.8 Å². The molecule has 0 saturated carbocycles. The van der Waals surface area contributed by atoms with Crippen LogP contribution in [-0.2, 0) is 11.0 Å². The highest BCUT2D eigenvalue weighted by Crippen LogP contribution is 2.41. The van der Waals surface area contributed by atoms with Crippen LogP contribution in [0.25, 0.3) is 22.8 Å². The Kier molecular flexibility index (Phi) is 6.17. The van der Waals surface area contributed by atoms with E-state index in [0.29, 0.717) is 17.7 Å². The summed E-state index contributed by atoms with van der Waals surface area (Å²) in [5.41, 5.74) is 3.97. The van der Waals surface area contributed by atoms with Gasteiger partial charge in [-0.1, -0.05) is 24.3 Å². The van der Waals surface area contributed by atoms with Gasteiger partial charge in [0.2, 0.25) is 0 Å². The minimum atomic E-state index is -4.47. The summed E-state index contributed by atoms with van der Waals surface area (Å²) in [7, 11) is 4.03. The maximum atomic E-state index is 13.1. The molecule has 4 nitrogen and oxygen atoms in total. The molecule has 0 aromatic heterocycles. The second kappa shape index (κ2) is 8.90. The number of rotatable bonds is 6. The zero-order valence-corrected chi connectivity index (χ0v) is 18.7. The molecule has 1 aromatic carbocycles. The lowest BCUT2D eigenvalue weighted by Crippen LogP contribution is -2.15. The lowest BCUT2D eigenvalue weighted by atomic mass is 10.0. The smallest absolute Gasteiger partial charge is 0.416 e. The number of fused-ring (bicyclic) bond motifs is 2. The number of halogens is 3. The van der Waals surface area contributed by atoms with Gasteiger partial charge in [-0.05, 0) is 80.0 Å². The number of aryl methyl sites for hydroxylation is 1. The van der Waals surface area contributed by atoms with Gasteiger partial charge in [-0.15, -0.1) is 0 Å². The van der Waals surface area contributed by atoms with Crippen molar-refractivity contribution in [3.8, 4) is 16.9 Å². The van der Waals surface area contributed by atoms with E-state index in [1.165, 1.54) is 6.07 Å². The minimum Gasteiger partial charge on any atom is -0.494 e. The molecule has 1 amide bonds. The first-order chi connectivity index (χ1) is 15.6. The molecule has 7 heteroatoms. The van der Waals surface area contributed by atoms with Gasteiger partial charge in [-0.2, -0.15) is 13.2 Å². The van der Waals surface area contributed by atoms with Crippen LogP contribution in [0.4, 0.5) is 18.9 Å². The lowest BCUT2D eigenvalue weighted by molar-refractivity contribution is -0.137. The normalized spacial score (nSPS) is 14.8. The summed E-state index contributed by atoms with van der Waals surface area (Å²) < 4.78 is 45.1. The Balaban J connectivity index is 1.69. The number of amides is 1. The molecule has 0 atom stereocenters. The van der Waals surface area contributed by atoms with E-state index in [4.69, 9.17) is 4.74 Å². The van der Waals surface area contributed by atoms with Crippen LogP contribution in [0, 0.1) is 6.92 Å². The molecule has 1 N–H and O–H groups in total. The van der Waals surface area contributed by atoms with E-state index < -0.39 is 17.6 Å². The molecule has 0 bridgehead atoms. The van der Waals surface area contributed by atoms with Gasteiger partial charge >= 0.3 is 6.18 Å². The van der Waals surface area contributed by atoms with Crippen LogP contribution in [0.1, 0.15) is 28.7 Å². The largest absolute Gasteiger partial charge is 0.494 e. The molecule has 1 aliphatic heterocycles. The van der Waals surface area contributed by atoms with Gasteiger partial charge in [0, 0.05) is 23.4 Å². The predicted octanol–water partition coefficient (Wildman–Crippen LogP) is 5.94. The van der Waals surface area contributed by atoms with E-state index >= 15 is 0 Å². The zero-order valence-electron chi connectivity index (χ0n) is 18.7. The number of anilines is 1. The number of carbonyl (C=O) groups is 1. The van der Waals surface area contributed by atoms with Gasteiger partial charge < -0.3 is 15.0 Å². The highest BCUT2D eigenvalue weighted by Gasteiger charge is 2.33. The van der Waals surface area contributed by atoms with Gasteiger partial charge in [-0.25, -0.2) is 0 Å². The van der Waals surface area contributed by atoms with Gasteiger partial charge in [-0.3, -0.25) is 4.79 Å². The van der Waals surface area contributed by atoms with Crippen LogP contribution in [0.15, 0.2) is 48.5 Å². The van der Waals surface area contributed by atoms with Crippen LogP contribution >= 0.6 is 0 Å². The highest BCUT2D eigenvalue weighted by molar-refractivity contribution is 6.35. The fourth-order valence-corrected chi connectivity index (χ4v) is 4.02. The average Bonchev–Trinajstić information content (AvgIpc) is 3.09. The SMILES string of the molecule is Cc1cc(/C=C2\C(=O)Nc3cc(C(F)(F)F)ccc32)c2cc(OCCCN(C)C)cccc1-2. The Morgan fingerprint density at radius 3 is 2.55 bits per heavy atom. The van der Waals surface area contributed by atoms with Gasteiger partial charge in [0.1, 0.15) is 5.75 Å². The van der Waals surface area contributed by atoms with Crippen molar-refractivity contribution in [2.24, 2.45) is 0 Å². The summed E-state index contributed by atoms with van der Waals surface area (Å²) in [6.07, 6.45) is -1.84. The fraction of sp³-hybridized carbons (Fsp3) is 0.269. The Hall–Kier alpha value is -3.32. The third-order valence-corrected chi connectivity index (χ3v) is 5.66. The number of nitrogens with one attached hydrogen (secondary N) is 1. The van der Waals surface area contributed by atoms with Crippen molar-refractivity contribution >= 4 is 23.2 Å². The number of carbonyl (C=O) groups excluding carboxylic acids is 1. The van der Waals surface area contributed by atoms with Crippen LogP contribution in [-0.4, -0.2) is 38.1 Å². The van der Waals surface area contributed by atoms with E-state index in [9.17, 15) is 18.0 Å². The van der Waals surface area contributed by atoms with E-state index in [1.54, 1.807) is 6.08 Å². The molecule has 0 fully saturated rings. The third kappa shape index (κ3) is 4.88. The average molecular weight is 454 g/mol. The van der Waals surface area contributed by atoms with E-state index in [0.717, 1.165) is 53.1 Å². The number of ether oxygens (including phenoxy) is 1. The number of alkyl halides is 3. The molecule has 3 aliphatic rings. The molecule has 0 saturated heterocycles. The van der Waals surface area contributed by atoms with Gasteiger partial charge in [0.25, 0.3) is 5.91 Å². The second-order valence-corrected chi connectivity index (χ2v) is 8.46. The molecule has 0 radical (unpaired) electrons. The summed E-state index contributed by atoms with van der Waals surface area (Å²) in [5.74, 6) is 0.303. The van der Waals surface area contributed by atoms with Crippen LogP contribution in [0.3, 0.4) is 0 Å². The summed E-state index contributed by atoms with van der Waals surface area (Å²) >= 11 is 0. The number of hydrogen-bond acceptors (Lipinski definition) is 3. The third-order valence-electron chi connectivity index (χ3n) is 5.66. The van der Waals surface area contributed by atoms with Crippen molar-refractivity contribution in [2.45, 2.75) is 19.5 Å². The molecule has 172 valence electrons. The summed E-state index contributed by atoms with van der Waals surface area (Å²) in [4.78, 5) is 14.7. The molecular weight excluding hydrogens is 429 g/mol. The molecule has 1 aromatic rings. The monoisotopic (exact) mass is 454 g/mol.